The van der Waals surface area contributed by atoms with Gasteiger partial charge in [-0.15, -0.1) is 0 Å². The highest BCUT2D eigenvalue weighted by Gasteiger charge is 2.15. The maximum Gasteiger partial charge on any atom is 0.308 e. The van der Waals surface area contributed by atoms with Gasteiger partial charge in [-0.25, -0.2) is 0 Å². The molecule has 8 heteroatoms. The molecule has 3 aromatic carbocycles. The highest BCUT2D eigenvalue weighted by atomic mass is 35.5. The van der Waals surface area contributed by atoms with Crippen molar-refractivity contribution in [2.24, 2.45) is 0 Å². The van der Waals surface area contributed by atoms with Gasteiger partial charge in [0, 0.05) is 28.9 Å². The molecule has 2 amide bonds. The summed E-state index contributed by atoms with van der Waals surface area (Å²) in [6, 6.07) is 19.7. The molecule has 0 bridgehead atoms. The fourth-order valence-corrected chi connectivity index (χ4v) is 2.89. The van der Waals surface area contributed by atoms with Crippen LogP contribution in [0.25, 0.3) is 0 Å². The van der Waals surface area contributed by atoms with Gasteiger partial charge in [-0.2, -0.15) is 0 Å². The van der Waals surface area contributed by atoms with Crippen molar-refractivity contribution in [1.29, 1.82) is 0 Å². The lowest BCUT2D eigenvalue weighted by atomic mass is 10.2. The second kappa shape index (κ2) is 10.5. The Morgan fingerprint density at radius 2 is 1.50 bits per heavy atom. The molecule has 2 N–H and O–H groups in total. The van der Waals surface area contributed by atoms with Gasteiger partial charge in [0.05, 0.1) is 0 Å². The van der Waals surface area contributed by atoms with Crippen LogP contribution >= 0.6 is 11.6 Å². The summed E-state index contributed by atoms with van der Waals surface area (Å²) in [7, 11) is 0. The fraction of sp³-hybridized carbons (Fsp3) is 0.125. The minimum atomic E-state index is -0.751. The molecule has 164 valence electrons. The Morgan fingerprint density at radius 1 is 0.844 bits per heavy atom. The van der Waals surface area contributed by atoms with Crippen LogP contribution in [0.5, 0.6) is 11.5 Å². The summed E-state index contributed by atoms with van der Waals surface area (Å²) >= 11 is 5.85. The number of esters is 1. The van der Waals surface area contributed by atoms with E-state index in [9.17, 15) is 14.4 Å². The number of hydrogen-bond acceptors (Lipinski definition) is 5. The van der Waals surface area contributed by atoms with Gasteiger partial charge in [0.25, 0.3) is 11.8 Å². The van der Waals surface area contributed by atoms with Gasteiger partial charge in [-0.05, 0) is 67.6 Å². The lowest BCUT2D eigenvalue weighted by Gasteiger charge is -2.15. The molecular weight excluding hydrogens is 432 g/mol. The van der Waals surface area contributed by atoms with E-state index in [0.29, 0.717) is 27.7 Å². The van der Waals surface area contributed by atoms with Crippen molar-refractivity contribution >= 4 is 40.8 Å². The first-order chi connectivity index (χ1) is 15.3. The van der Waals surface area contributed by atoms with E-state index in [1.165, 1.54) is 13.0 Å². The molecule has 0 radical (unpaired) electrons. The molecule has 0 heterocycles. The lowest BCUT2D eigenvalue weighted by molar-refractivity contribution is -0.131. The third-order valence-electron chi connectivity index (χ3n) is 4.24. The summed E-state index contributed by atoms with van der Waals surface area (Å²) in [5.74, 6) is -0.408. The highest BCUT2D eigenvalue weighted by Crippen LogP contribution is 2.20. The fourth-order valence-electron chi connectivity index (χ4n) is 2.76. The van der Waals surface area contributed by atoms with Gasteiger partial charge in [0.15, 0.2) is 6.10 Å². The van der Waals surface area contributed by atoms with E-state index in [1.807, 2.05) is 0 Å². The van der Waals surface area contributed by atoms with Crippen LogP contribution in [0.4, 0.5) is 11.4 Å². The van der Waals surface area contributed by atoms with Crippen molar-refractivity contribution in [1.82, 2.24) is 0 Å². The summed E-state index contributed by atoms with van der Waals surface area (Å²) in [6.45, 7) is 2.92. The minimum Gasteiger partial charge on any atom is -0.481 e. The summed E-state index contributed by atoms with van der Waals surface area (Å²) in [5, 5.41) is 6.09. The van der Waals surface area contributed by atoms with Gasteiger partial charge in [-0.3, -0.25) is 14.4 Å². The Labute approximate surface area is 190 Å². The van der Waals surface area contributed by atoms with Crippen LogP contribution in [0.1, 0.15) is 24.2 Å². The lowest BCUT2D eigenvalue weighted by Crippen LogP contribution is -2.30. The molecule has 32 heavy (non-hydrogen) atoms. The van der Waals surface area contributed by atoms with E-state index in [4.69, 9.17) is 21.1 Å². The molecule has 3 aromatic rings. The van der Waals surface area contributed by atoms with Gasteiger partial charge in [-0.1, -0.05) is 23.7 Å². The molecule has 0 aromatic heterocycles. The Hall–Kier alpha value is -3.84. The number of anilines is 2. The Kier molecular flexibility index (Phi) is 7.46. The average Bonchev–Trinajstić information content (AvgIpc) is 2.75. The van der Waals surface area contributed by atoms with Gasteiger partial charge in [0.2, 0.25) is 0 Å². The number of hydrogen-bond donors (Lipinski definition) is 2. The highest BCUT2D eigenvalue weighted by molar-refractivity contribution is 6.30. The second-order valence-corrected chi connectivity index (χ2v) is 7.30. The smallest absolute Gasteiger partial charge is 0.308 e. The van der Waals surface area contributed by atoms with Crippen molar-refractivity contribution < 1.29 is 23.9 Å². The zero-order chi connectivity index (χ0) is 23.1. The standard InChI is InChI=1S/C24H21ClN2O5/c1-15(31-21-11-9-18(25)10-12-21)23(29)26-19-6-4-7-20(14-19)27-24(30)17-5-3-8-22(13-17)32-16(2)28/h3-15H,1-2H3,(H,26,29)(H,27,30). The second-order valence-electron chi connectivity index (χ2n) is 6.86. The average molecular weight is 453 g/mol. The van der Waals surface area contributed by atoms with E-state index < -0.39 is 12.1 Å². The van der Waals surface area contributed by atoms with Crippen molar-refractivity contribution in [2.45, 2.75) is 20.0 Å². The molecule has 0 saturated carbocycles. The van der Waals surface area contributed by atoms with Crippen LogP contribution in [-0.4, -0.2) is 23.9 Å². The van der Waals surface area contributed by atoms with Crippen LogP contribution in [0.2, 0.25) is 5.02 Å². The molecular formula is C24H21ClN2O5. The number of benzene rings is 3. The third kappa shape index (κ3) is 6.58. The van der Waals surface area contributed by atoms with Gasteiger partial charge < -0.3 is 20.1 Å². The molecule has 1 atom stereocenters. The first kappa shape index (κ1) is 22.8. The quantitative estimate of drug-likeness (QED) is 0.392. The maximum absolute atomic E-state index is 12.6. The van der Waals surface area contributed by atoms with Crippen LogP contribution in [-0.2, 0) is 9.59 Å². The Bertz CT molecular complexity index is 1130. The summed E-state index contributed by atoms with van der Waals surface area (Å²) < 4.78 is 10.6. The summed E-state index contributed by atoms with van der Waals surface area (Å²) in [6.07, 6.45) is -0.751. The van der Waals surface area contributed by atoms with Crippen molar-refractivity contribution in [2.75, 3.05) is 10.6 Å². The third-order valence-corrected chi connectivity index (χ3v) is 4.49. The first-order valence-electron chi connectivity index (χ1n) is 9.73. The van der Waals surface area contributed by atoms with E-state index in [0.717, 1.165) is 0 Å². The van der Waals surface area contributed by atoms with Crippen LogP contribution in [0.3, 0.4) is 0 Å². The van der Waals surface area contributed by atoms with E-state index in [2.05, 4.69) is 10.6 Å². The molecule has 0 aliphatic heterocycles. The first-order valence-corrected chi connectivity index (χ1v) is 10.1. The maximum atomic E-state index is 12.6. The van der Waals surface area contributed by atoms with E-state index >= 15 is 0 Å². The SMILES string of the molecule is CC(=O)Oc1cccc(C(=O)Nc2cccc(NC(=O)C(C)Oc3ccc(Cl)cc3)c2)c1. The normalized spacial score (nSPS) is 11.2. The summed E-state index contributed by atoms with van der Waals surface area (Å²) in [5.41, 5.74) is 1.30. The monoisotopic (exact) mass is 452 g/mol. The topological polar surface area (TPSA) is 93.7 Å². The van der Waals surface area contributed by atoms with Crippen LogP contribution in [0, 0.1) is 0 Å². The predicted molar refractivity (Wildman–Crippen MR) is 122 cm³/mol. The molecule has 0 saturated heterocycles. The molecule has 0 aliphatic carbocycles. The van der Waals surface area contributed by atoms with E-state index in [-0.39, 0.29) is 17.6 Å². The molecule has 3 rings (SSSR count). The molecule has 0 aliphatic rings. The summed E-state index contributed by atoms with van der Waals surface area (Å²) in [4.78, 5) is 36.1. The Balaban J connectivity index is 1.62. The number of halogens is 1. The number of carbonyl (C=O) groups excluding carboxylic acids is 3. The number of amides is 2. The number of rotatable bonds is 7. The predicted octanol–water partition coefficient (Wildman–Crippen LogP) is 4.92. The molecule has 1 unspecified atom stereocenters. The molecule has 0 fully saturated rings. The number of ether oxygens (including phenoxy) is 2. The molecule has 0 spiro atoms. The van der Waals surface area contributed by atoms with Crippen molar-refractivity contribution in [3.63, 3.8) is 0 Å². The molecule has 7 nitrogen and oxygen atoms in total. The Morgan fingerprint density at radius 3 is 2.19 bits per heavy atom. The zero-order valence-corrected chi connectivity index (χ0v) is 18.2. The zero-order valence-electron chi connectivity index (χ0n) is 17.4. The minimum absolute atomic E-state index is 0.279. The largest absolute Gasteiger partial charge is 0.481 e. The van der Waals surface area contributed by atoms with Crippen LogP contribution in [0.15, 0.2) is 72.8 Å². The van der Waals surface area contributed by atoms with Crippen LogP contribution < -0.4 is 20.1 Å². The van der Waals surface area contributed by atoms with Crippen molar-refractivity contribution in [3.05, 3.63) is 83.4 Å². The van der Waals surface area contributed by atoms with Gasteiger partial charge in [0.1, 0.15) is 11.5 Å². The van der Waals surface area contributed by atoms with Gasteiger partial charge >= 0.3 is 5.97 Å². The number of carbonyl (C=O) groups is 3. The van der Waals surface area contributed by atoms with Crippen molar-refractivity contribution in [3.8, 4) is 11.5 Å². The van der Waals surface area contributed by atoms with E-state index in [1.54, 1.807) is 73.7 Å². The number of nitrogens with one attached hydrogen (secondary N) is 2.